The van der Waals surface area contributed by atoms with E-state index in [1.807, 2.05) is 0 Å². The lowest BCUT2D eigenvalue weighted by atomic mass is 9.85. The lowest BCUT2D eigenvalue weighted by Crippen LogP contribution is -2.20. The minimum absolute atomic E-state index is 0.180. The molecule has 0 bridgehead atoms. The van der Waals surface area contributed by atoms with Gasteiger partial charge in [0, 0.05) is 0 Å². The van der Waals surface area contributed by atoms with Crippen molar-refractivity contribution in [3.63, 3.8) is 0 Å². The summed E-state index contributed by atoms with van der Waals surface area (Å²) in [5.74, 6) is 0.814. The Balaban J connectivity index is 2.15. The van der Waals surface area contributed by atoms with E-state index in [0.717, 1.165) is 19.5 Å². The Hall–Kier alpha value is 1.20. The molecule has 0 aromatic carbocycles. The summed E-state index contributed by atoms with van der Waals surface area (Å²) < 4.78 is 0. The maximum Gasteiger partial charge on any atom is -0.00667 e. The normalized spacial score (nSPS) is 34.2. The van der Waals surface area contributed by atoms with Crippen molar-refractivity contribution in [3.8, 4) is 0 Å². The van der Waals surface area contributed by atoms with Crippen molar-refractivity contribution < 1.29 is 0 Å². The Morgan fingerprint density at radius 1 is 1.57 bits per heavy atom. The Kier molecular flexibility index (Phi) is 4.19. The molecule has 2 aliphatic rings. The van der Waals surface area contributed by atoms with Crippen LogP contribution in [0.15, 0.2) is 23.3 Å². The summed E-state index contributed by atoms with van der Waals surface area (Å²) in [6, 6.07) is 0. The lowest BCUT2D eigenvalue weighted by Gasteiger charge is -2.34. The molecule has 0 aliphatic heterocycles. The predicted molar refractivity (Wildman–Crippen MR) is 77.6 cm³/mol. The van der Waals surface area contributed by atoms with Gasteiger partial charge in [0.2, 0.25) is 0 Å². The highest BCUT2D eigenvalue weighted by molar-refractivity contribution is 8.61. The number of rotatable bonds is 2. The molecule has 0 saturated heterocycles. The van der Waals surface area contributed by atoms with Crippen molar-refractivity contribution in [2.24, 2.45) is 5.92 Å². The second-order valence-electron chi connectivity index (χ2n) is 4.10. The number of hydrogen-bond donors (Lipinski definition) is 0. The smallest absolute Gasteiger partial charge is 0.00667 e. The van der Waals surface area contributed by atoms with Crippen LogP contribution in [0.3, 0.4) is 0 Å². The van der Waals surface area contributed by atoms with E-state index < -0.39 is 0 Å². The minimum atomic E-state index is 0.180. The van der Waals surface area contributed by atoms with Gasteiger partial charge in [-0.15, -0.1) is 17.9 Å². The third kappa shape index (κ3) is 2.15. The zero-order valence-corrected chi connectivity index (χ0v) is 12.7. The van der Waals surface area contributed by atoms with Gasteiger partial charge in [0.1, 0.15) is 0 Å². The van der Waals surface area contributed by atoms with Crippen molar-refractivity contribution in [3.05, 3.63) is 23.3 Å². The molecule has 14 heavy (non-hydrogen) atoms. The second kappa shape index (κ2) is 5.02. The van der Waals surface area contributed by atoms with Gasteiger partial charge in [0.05, 0.1) is 0 Å². The van der Waals surface area contributed by atoms with Crippen LogP contribution in [0.1, 0.15) is 26.2 Å². The van der Waals surface area contributed by atoms with Gasteiger partial charge in [0.15, 0.2) is 0 Å². The fraction of sp³-hybridized carbons (Fsp3) is 0.600. The van der Waals surface area contributed by atoms with Gasteiger partial charge in [-0.25, -0.2) is 0 Å². The molecule has 0 radical (unpaired) electrons. The van der Waals surface area contributed by atoms with Crippen LogP contribution in [0.4, 0.5) is 0 Å². The van der Waals surface area contributed by atoms with E-state index in [9.17, 15) is 0 Å². The fourth-order valence-electron chi connectivity index (χ4n) is 2.54. The van der Waals surface area contributed by atoms with Gasteiger partial charge in [0.25, 0.3) is 0 Å². The van der Waals surface area contributed by atoms with Gasteiger partial charge in [-0.1, -0.05) is 39.9 Å². The largest absolute Gasteiger partial charge is 0.110 e. The molecule has 78 valence electrons. The molecule has 6 atom stereocenters. The fourth-order valence-corrected chi connectivity index (χ4v) is 8.36. The molecule has 0 N–H and O–H groups in total. The molecule has 2 rings (SSSR count). The molecule has 4 heteroatoms. The SMILES string of the molecule is C[C@@H]1C2=C(CC=C2)CC[C@@H]1P(P)PP. The van der Waals surface area contributed by atoms with E-state index in [1.54, 1.807) is 11.1 Å². The minimum Gasteiger partial charge on any atom is -0.110 e. The van der Waals surface area contributed by atoms with E-state index >= 15 is 0 Å². The third-order valence-corrected chi connectivity index (χ3v) is 14.9. The van der Waals surface area contributed by atoms with Crippen molar-refractivity contribution in [2.45, 2.75) is 31.8 Å². The van der Waals surface area contributed by atoms with Gasteiger partial charge in [-0.3, -0.25) is 0 Å². The Labute approximate surface area is 94.4 Å². The van der Waals surface area contributed by atoms with E-state index in [2.05, 4.69) is 36.9 Å². The van der Waals surface area contributed by atoms with Crippen LogP contribution in [-0.4, -0.2) is 5.66 Å². The van der Waals surface area contributed by atoms with Crippen molar-refractivity contribution in [2.75, 3.05) is 0 Å². The molecule has 0 saturated carbocycles. The molecule has 0 heterocycles. The Morgan fingerprint density at radius 3 is 3.07 bits per heavy atom. The highest BCUT2D eigenvalue weighted by Crippen LogP contribution is 2.72. The van der Waals surface area contributed by atoms with Crippen LogP contribution in [-0.2, 0) is 0 Å². The Morgan fingerprint density at radius 2 is 2.36 bits per heavy atom. The van der Waals surface area contributed by atoms with Crippen molar-refractivity contribution in [1.29, 1.82) is 0 Å². The predicted octanol–water partition coefficient (Wildman–Crippen LogP) is 4.70. The molecular formula is C10H18P4. The maximum atomic E-state index is 3.10. The summed E-state index contributed by atoms with van der Waals surface area (Å²) in [5, 5.41) is 0. The van der Waals surface area contributed by atoms with Gasteiger partial charge >= 0.3 is 0 Å². The molecule has 0 fully saturated rings. The summed E-state index contributed by atoms with van der Waals surface area (Å²) in [7, 11) is 7.27. The monoisotopic (exact) mass is 262 g/mol. The zero-order chi connectivity index (χ0) is 10.1. The summed E-state index contributed by atoms with van der Waals surface area (Å²) in [6.07, 6.45) is 8.76. The summed E-state index contributed by atoms with van der Waals surface area (Å²) >= 11 is 0. The molecule has 4 unspecified atom stereocenters. The van der Waals surface area contributed by atoms with E-state index in [0.29, 0.717) is 0 Å². The molecule has 0 aromatic heterocycles. The molecule has 0 aromatic rings. The van der Waals surface area contributed by atoms with Gasteiger partial charge < -0.3 is 0 Å². The van der Waals surface area contributed by atoms with Gasteiger partial charge in [-0.05, 0) is 36.4 Å². The molecule has 0 spiro atoms. The quantitative estimate of drug-likeness (QED) is 0.633. The highest BCUT2D eigenvalue weighted by atomic mass is 32.6. The average molecular weight is 262 g/mol. The highest BCUT2D eigenvalue weighted by Gasteiger charge is 2.31. The molecule has 0 nitrogen and oxygen atoms in total. The Bertz CT molecular complexity index is 282. The average Bonchev–Trinajstić information content (AvgIpc) is 2.66. The first-order chi connectivity index (χ1) is 6.74. The number of hydrogen-bond acceptors (Lipinski definition) is 0. The standard InChI is InChI=1S/C10H18P4/c1-7-9-4-2-3-8(9)5-6-10(7)14(12)13-11/h2,4,7,10,13H,3,5-6,11-12H2,1H3/t7-,10+,14?/m1/s1. The van der Waals surface area contributed by atoms with E-state index in [4.69, 9.17) is 0 Å². The molecule has 0 amide bonds. The van der Waals surface area contributed by atoms with Crippen LogP contribution in [0.2, 0.25) is 0 Å². The summed E-state index contributed by atoms with van der Waals surface area (Å²) in [6.45, 7) is 2.43. The van der Waals surface area contributed by atoms with E-state index in [-0.39, 0.29) is 7.30 Å². The van der Waals surface area contributed by atoms with Crippen molar-refractivity contribution in [1.82, 2.24) is 0 Å². The molecule has 2 aliphatic carbocycles. The first-order valence-corrected chi connectivity index (χ1v) is 11.8. The molecular weight excluding hydrogens is 244 g/mol. The van der Waals surface area contributed by atoms with Gasteiger partial charge in [-0.2, -0.15) is 0 Å². The van der Waals surface area contributed by atoms with E-state index in [1.165, 1.54) is 19.3 Å². The first-order valence-electron chi connectivity index (χ1n) is 5.12. The maximum absolute atomic E-state index is 3.10. The number of allylic oxidation sites excluding steroid dienone is 4. The van der Waals surface area contributed by atoms with Crippen LogP contribution in [0.25, 0.3) is 0 Å². The van der Waals surface area contributed by atoms with Crippen LogP contribution in [0.5, 0.6) is 0 Å². The van der Waals surface area contributed by atoms with Crippen LogP contribution >= 0.6 is 33.1 Å². The zero-order valence-electron chi connectivity index (χ0n) is 8.53. The summed E-state index contributed by atoms with van der Waals surface area (Å²) in [5.41, 5.74) is 4.36. The van der Waals surface area contributed by atoms with Crippen LogP contribution in [0, 0.1) is 5.92 Å². The van der Waals surface area contributed by atoms with Crippen LogP contribution < -0.4 is 0 Å². The van der Waals surface area contributed by atoms with Crippen molar-refractivity contribution >= 4 is 33.1 Å². The summed E-state index contributed by atoms with van der Waals surface area (Å²) in [4.78, 5) is 0. The second-order valence-corrected chi connectivity index (χ2v) is 13.7. The lowest BCUT2D eigenvalue weighted by molar-refractivity contribution is 0.561. The third-order valence-electron chi connectivity index (χ3n) is 3.39. The topological polar surface area (TPSA) is 0 Å². The first kappa shape index (κ1) is 11.7.